The molecule has 2 heterocycles. The molecule has 0 amide bonds. The zero-order valence-corrected chi connectivity index (χ0v) is 19.0. The molecule has 32 heavy (non-hydrogen) atoms. The summed E-state index contributed by atoms with van der Waals surface area (Å²) in [5.41, 5.74) is 2.21. The van der Waals surface area contributed by atoms with Crippen LogP contribution in [0.1, 0.15) is 49.8 Å². The molecule has 1 unspecified atom stereocenters. The van der Waals surface area contributed by atoms with Crippen LogP contribution >= 0.6 is 0 Å². The number of nitrogens with one attached hydrogen (secondary N) is 1. The van der Waals surface area contributed by atoms with E-state index in [1.807, 2.05) is 17.9 Å². The third-order valence-electron chi connectivity index (χ3n) is 7.49. The van der Waals surface area contributed by atoms with Crippen molar-refractivity contribution in [2.75, 3.05) is 25.5 Å². The van der Waals surface area contributed by atoms with Crippen LogP contribution in [0.5, 0.6) is 6.01 Å². The molecular formula is C24H32FN5O2. The van der Waals surface area contributed by atoms with Crippen molar-refractivity contribution in [3.63, 3.8) is 0 Å². The first-order valence-electron chi connectivity index (χ1n) is 11.5. The summed E-state index contributed by atoms with van der Waals surface area (Å²) in [5, 5.41) is 14.3. The van der Waals surface area contributed by atoms with E-state index in [0.717, 1.165) is 55.5 Å². The Morgan fingerprint density at radius 2 is 1.97 bits per heavy atom. The van der Waals surface area contributed by atoms with Crippen molar-refractivity contribution < 1.29 is 14.2 Å². The van der Waals surface area contributed by atoms with Crippen LogP contribution in [0.3, 0.4) is 0 Å². The molecule has 1 saturated heterocycles. The second kappa shape index (κ2) is 7.93. The number of aryl methyl sites for hydroxylation is 1. The lowest BCUT2D eigenvalue weighted by Gasteiger charge is -2.49. The predicted octanol–water partition coefficient (Wildman–Crippen LogP) is 2.92. The van der Waals surface area contributed by atoms with Crippen LogP contribution in [0.4, 0.5) is 10.1 Å². The predicted molar refractivity (Wildman–Crippen MR) is 120 cm³/mol. The van der Waals surface area contributed by atoms with Crippen molar-refractivity contribution in [2.45, 2.75) is 69.0 Å². The molecule has 172 valence electrons. The highest BCUT2D eigenvalue weighted by Crippen LogP contribution is 2.47. The maximum atomic E-state index is 14.0. The molecular weight excluding hydrogens is 409 g/mol. The van der Waals surface area contributed by atoms with E-state index in [4.69, 9.17) is 4.74 Å². The molecule has 1 aromatic heterocycles. The fraction of sp³-hybridized carbons (Fsp3) is 0.583. The number of nitrogens with zero attached hydrogens (tertiary/aromatic N) is 4. The van der Waals surface area contributed by atoms with Crippen molar-refractivity contribution in [2.24, 2.45) is 0 Å². The van der Waals surface area contributed by atoms with Gasteiger partial charge in [-0.1, -0.05) is 12.1 Å². The molecule has 1 atom stereocenters. The number of benzene rings is 1. The van der Waals surface area contributed by atoms with E-state index in [9.17, 15) is 9.50 Å². The van der Waals surface area contributed by atoms with Gasteiger partial charge >= 0.3 is 6.01 Å². The first-order valence-corrected chi connectivity index (χ1v) is 11.5. The Balaban J connectivity index is 1.33. The number of hydrogen-bond donors (Lipinski definition) is 2. The zero-order valence-electron chi connectivity index (χ0n) is 19.0. The van der Waals surface area contributed by atoms with E-state index in [-0.39, 0.29) is 23.0 Å². The van der Waals surface area contributed by atoms with Gasteiger partial charge in [-0.15, -0.1) is 0 Å². The molecule has 1 aliphatic heterocycles. The van der Waals surface area contributed by atoms with Gasteiger partial charge in [0.25, 0.3) is 0 Å². The Kier molecular flexibility index (Phi) is 5.34. The minimum Gasteiger partial charge on any atom is -0.460 e. The Morgan fingerprint density at radius 3 is 2.59 bits per heavy atom. The van der Waals surface area contributed by atoms with Gasteiger partial charge in [-0.2, -0.15) is 4.98 Å². The smallest absolute Gasteiger partial charge is 0.316 e. The summed E-state index contributed by atoms with van der Waals surface area (Å²) in [4.78, 5) is 13.0. The number of aliphatic hydroxyl groups excluding tert-OH is 1. The van der Waals surface area contributed by atoms with E-state index < -0.39 is 6.35 Å². The summed E-state index contributed by atoms with van der Waals surface area (Å²) in [6.07, 6.45) is 6.83. The third-order valence-corrected chi connectivity index (χ3v) is 7.49. The van der Waals surface area contributed by atoms with Crippen LogP contribution in [0.2, 0.25) is 0 Å². The molecule has 2 N–H and O–H groups in total. The van der Waals surface area contributed by atoms with E-state index in [1.165, 1.54) is 6.07 Å². The normalized spacial score (nSPS) is 30.3. The Bertz CT molecular complexity index is 988. The lowest BCUT2D eigenvalue weighted by atomic mass is 9.69. The van der Waals surface area contributed by atoms with Gasteiger partial charge in [0, 0.05) is 17.6 Å². The van der Waals surface area contributed by atoms with Crippen molar-refractivity contribution in [3.05, 3.63) is 47.5 Å². The Labute approximate surface area is 188 Å². The molecule has 3 aliphatic rings. The Hall–Kier alpha value is -2.29. The maximum Gasteiger partial charge on any atom is 0.316 e. The van der Waals surface area contributed by atoms with Gasteiger partial charge in [-0.05, 0) is 77.2 Å². The average molecular weight is 442 g/mol. The summed E-state index contributed by atoms with van der Waals surface area (Å²) in [6, 6.07) is 7.38. The van der Waals surface area contributed by atoms with Gasteiger partial charge < -0.3 is 14.7 Å². The average Bonchev–Trinajstić information content (AvgIpc) is 3.51. The highest BCUT2D eigenvalue weighted by atomic mass is 19.1. The van der Waals surface area contributed by atoms with Gasteiger partial charge in [0.15, 0.2) is 6.35 Å². The van der Waals surface area contributed by atoms with Crippen LogP contribution in [-0.2, 0) is 5.54 Å². The molecule has 1 spiro atoms. The van der Waals surface area contributed by atoms with E-state index >= 15 is 0 Å². The third kappa shape index (κ3) is 3.84. The van der Waals surface area contributed by atoms with E-state index in [2.05, 4.69) is 34.3 Å². The van der Waals surface area contributed by atoms with Crippen LogP contribution < -0.4 is 15.0 Å². The molecule has 0 radical (unpaired) electrons. The number of ether oxygens (including phenoxy) is 1. The van der Waals surface area contributed by atoms with Gasteiger partial charge in [-0.25, -0.2) is 9.37 Å². The molecule has 7 nitrogen and oxygen atoms in total. The summed E-state index contributed by atoms with van der Waals surface area (Å²) in [5.74, 6) is -0.200. The topological polar surface area (TPSA) is 73.8 Å². The monoisotopic (exact) mass is 441 g/mol. The first-order chi connectivity index (χ1) is 15.3. The molecule has 2 aliphatic carbocycles. The number of hydrogen-bond acceptors (Lipinski definition) is 7. The first kappa shape index (κ1) is 21.6. The quantitative estimate of drug-likeness (QED) is 0.739. The van der Waals surface area contributed by atoms with Crippen LogP contribution in [0.15, 0.2) is 30.5 Å². The zero-order chi connectivity index (χ0) is 22.5. The largest absolute Gasteiger partial charge is 0.460 e. The highest BCUT2D eigenvalue weighted by molar-refractivity contribution is 5.51. The summed E-state index contributed by atoms with van der Waals surface area (Å²) >= 11 is 0. The van der Waals surface area contributed by atoms with Gasteiger partial charge in [-0.3, -0.25) is 10.2 Å². The highest BCUT2D eigenvalue weighted by Gasteiger charge is 2.50. The second-order valence-corrected chi connectivity index (χ2v) is 9.80. The number of rotatable bonds is 5. The van der Waals surface area contributed by atoms with Crippen molar-refractivity contribution >= 4 is 5.69 Å². The lowest BCUT2D eigenvalue weighted by Crippen LogP contribution is -2.54. The van der Waals surface area contributed by atoms with Gasteiger partial charge in [0.05, 0.1) is 17.6 Å². The maximum absolute atomic E-state index is 14.0. The summed E-state index contributed by atoms with van der Waals surface area (Å²) in [6.45, 7) is 2.60. The summed E-state index contributed by atoms with van der Waals surface area (Å²) < 4.78 is 19.7. The minimum absolute atomic E-state index is 0.200. The number of halogens is 1. The summed E-state index contributed by atoms with van der Waals surface area (Å²) in [7, 11) is 4.14. The number of aliphatic hydroxyl groups is 1. The van der Waals surface area contributed by atoms with Crippen molar-refractivity contribution in [1.29, 1.82) is 0 Å². The lowest BCUT2D eigenvalue weighted by molar-refractivity contribution is 0.0511. The standard InChI is InChI=1S/C24H32FN5O2/c1-16-20(14-26-21(27-16)32-19-7-8-19)30-15-23(28-22(30)31)9-11-24(12-10-23,29(2)3)17-5-4-6-18(25)13-17/h4-6,13-14,19,22,28,31H,7-12,15H2,1-3H3/t22?,23-,24+. The van der Waals surface area contributed by atoms with Gasteiger partial charge in [0.1, 0.15) is 11.9 Å². The van der Waals surface area contributed by atoms with E-state index in [0.29, 0.717) is 12.6 Å². The molecule has 2 aromatic rings. The fourth-order valence-electron chi connectivity index (χ4n) is 5.36. The van der Waals surface area contributed by atoms with E-state index in [1.54, 1.807) is 18.3 Å². The molecule has 8 heteroatoms. The van der Waals surface area contributed by atoms with Crippen molar-refractivity contribution in [1.82, 2.24) is 20.2 Å². The molecule has 2 saturated carbocycles. The van der Waals surface area contributed by atoms with Crippen molar-refractivity contribution in [3.8, 4) is 6.01 Å². The molecule has 1 aromatic carbocycles. The molecule has 0 bridgehead atoms. The SMILES string of the molecule is Cc1nc(OC2CC2)ncc1N1C[C@]2(CC[C@](c3cccc(F)c3)(N(C)C)CC2)NC1O. The fourth-order valence-corrected chi connectivity index (χ4v) is 5.36. The molecule has 5 rings (SSSR count). The minimum atomic E-state index is -0.798. The van der Waals surface area contributed by atoms with Crippen LogP contribution in [0, 0.1) is 12.7 Å². The van der Waals surface area contributed by atoms with Crippen LogP contribution in [-0.4, -0.2) is 58.6 Å². The van der Waals surface area contributed by atoms with Gasteiger partial charge in [0.2, 0.25) is 0 Å². The van der Waals surface area contributed by atoms with Crippen LogP contribution in [0.25, 0.3) is 0 Å². The molecule has 3 fully saturated rings. The number of aromatic nitrogens is 2. The number of anilines is 1. The second-order valence-electron chi connectivity index (χ2n) is 9.80. The Morgan fingerprint density at radius 1 is 1.22 bits per heavy atom.